The molecule has 4 nitrogen and oxygen atoms in total. The van der Waals surface area contributed by atoms with Gasteiger partial charge in [-0.05, 0) is 19.8 Å². The zero-order valence-corrected chi connectivity index (χ0v) is 10.5. The first kappa shape index (κ1) is 14.7. The van der Waals surface area contributed by atoms with Crippen LogP contribution in [-0.4, -0.2) is 10.5 Å². The number of carbonyl (C=O) groups excluding carboxylic acids is 1. The van der Waals surface area contributed by atoms with Crippen molar-refractivity contribution in [1.82, 2.24) is 4.57 Å². The highest BCUT2D eigenvalue weighted by atomic mass is 16.4. The Balaban J connectivity index is 0.000000281. The first-order valence-electron chi connectivity index (χ1n) is 5.81. The Kier molecular flexibility index (Phi) is 8.21. The lowest BCUT2D eigenvalue weighted by Gasteiger charge is -1.97. The van der Waals surface area contributed by atoms with Gasteiger partial charge in [0, 0.05) is 5.97 Å². The zero-order chi connectivity index (χ0) is 12.4. The lowest BCUT2D eigenvalue weighted by Crippen LogP contribution is -2.23. The maximum Gasteiger partial charge on any atom is 0.243 e. The summed E-state index contributed by atoms with van der Waals surface area (Å²) in [5.41, 5.74) is 0. The van der Waals surface area contributed by atoms with Gasteiger partial charge >= 0.3 is 0 Å². The summed E-state index contributed by atoms with van der Waals surface area (Å²) in [4.78, 5) is 9.76. The van der Waals surface area contributed by atoms with Crippen LogP contribution in [0.2, 0.25) is 0 Å². The Morgan fingerprint density at radius 3 is 2.38 bits per heavy atom. The maximum atomic E-state index is 9.76. The van der Waals surface area contributed by atoms with Crippen LogP contribution < -0.4 is 9.67 Å². The summed E-state index contributed by atoms with van der Waals surface area (Å²) in [6, 6.07) is 0. The van der Waals surface area contributed by atoms with Gasteiger partial charge in [-0.3, -0.25) is 0 Å². The molecule has 0 fully saturated rings. The molecule has 0 spiro atoms. The van der Waals surface area contributed by atoms with Gasteiger partial charge in [0.15, 0.2) is 0 Å². The fourth-order valence-electron chi connectivity index (χ4n) is 1.21. The van der Waals surface area contributed by atoms with Crippen molar-refractivity contribution in [3.05, 3.63) is 18.7 Å². The van der Waals surface area contributed by atoms with Gasteiger partial charge in [-0.25, -0.2) is 9.13 Å². The molecule has 0 radical (unpaired) electrons. The van der Waals surface area contributed by atoms with Gasteiger partial charge < -0.3 is 9.90 Å². The molecule has 1 aromatic rings. The molecule has 4 heteroatoms. The van der Waals surface area contributed by atoms with E-state index in [1.54, 1.807) is 0 Å². The Morgan fingerprint density at radius 1 is 1.38 bits per heavy atom. The first-order chi connectivity index (χ1) is 7.60. The second-order valence-electron chi connectivity index (χ2n) is 3.74. The average Bonchev–Trinajstić information content (AvgIpc) is 2.65. The fraction of sp³-hybridized carbons (Fsp3) is 0.667. The summed E-state index contributed by atoms with van der Waals surface area (Å²) >= 11 is 0. The number of aliphatic carboxylic acids is 1. The van der Waals surface area contributed by atoms with Gasteiger partial charge in [0.1, 0.15) is 12.4 Å². The van der Waals surface area contributed by atoms with Crippen molar-refractivity contribution in [3.63, 3.8) is 0 Å². The van der Waals surface area contributed by atoms with Crippen molar-refractivity contribution in [2.24, 2.45) is 7.05 Å². The molecule has 0 saturated heterocycles. The lowest BCUT2D eigenvalue weighted by atomic mass is 10.2. The quantitative estimate of drug-likeness (QED) is 0.547. The minimum Gasteiger partial charge on any atom is -0.550 e. The third kappa shape index (κ3) is 8.03. The highest BCUT2D eigenvalue weighted by Gasteiger charge is 1.92. The van der Waals surface area contributed by atoms with Crippen LogP contribution in [0.25, 0.3) is 0 Å². The van der Waals surface area contributed by atoms with Gasteiger partial charge in [-0.15, -0.1) is 0 Å². The van der Waals surface area contributed by atoms with Crippen LogP contribution >= 0.6 is 0 Å². The molecule has 0 atom stereocenters. The molecule has 0 bridgehead atoms. The summed E-state index contributed by atoms with van der Waals surface area (Å²) in [6.07, 6.45) is 9.18. The molecule has 0 saturated carbocycles. The number of carboxylic acid groups (broad SMARTS) is 1. The van der Waals surface area contributed by atoms with Crippen molar-refractivity contribution in [1.29, 1.82) is 0 Å². The van der Waals surface area contributed by atoms with Crippen molar-refractivity contribution >= 4 is 5.97 Å². The van der Waals surface area contributed by atoms with E-state index in [0.29, 0.717) is 0 Å². The molecule has 0 amide bonds. The van der Waals surface area contributed by atoms with E-state index in [9.17, 15) is 9.90 Å². The predicted octanol–water partition coefficient (Wildman–Crippen LogP) is 0.649. The van der Waals surface area contributed by atoms with E-state index in [1.165, 1.54) is 0 Å². The number of rotatable bonds is 5. The van der Waals surface area contributed by atoms with Crippen LogP contribution in [0.5, 0.6) is 0 Å². The molecular weight excluding hydrogens is 204 g/mol. The number of nitrogens with zero attached hydrogens (tertiary/aromatic N) is 2. The fourth-order valence-corrected chi connectivity index (χ4v) is 1.21. The minimum atomic E-state index is -0.932. The SMILES string of the molecule is CCCCCC(=O)[O-].CCn1cc[n+](C)c1. The monoisotopic (exact) mass is 226 g/mol. The topological polar surface area (TPSA) is 48.9 Å². The number of hydrogen-bond acceptors (Lipinski definition) is 2. The van der Waals surface area contributed by atoms with Crippen LogP contribution in [0.15, 0.2) is 18.7 Å². The maximum absolute atomic E-state index is 9.76. The molecule has 92 valence electrons. The standard InChI is InChI=1S/C6H11N2.C6H12O2/c1-3-8-5-4-7(2)6-8;1-2-3-4-5-6(7)8/h4-6H,3H2,1-2H3;2-5H2,1H3,(H,7,8)/q+1;/p-1. The highest BCUT2D eigenvalue weighted by Crippen LogP contribution is 1.96. The third-order valence-corrected chi connectivity index (χ3v) is 2.17. The van der Waals surface area contributed by atoms with Crippen LogP contribution in [0, 0.1) is 0 Å². The number of hydrogen-bond donors (Lipinski definition) is 0. The molecule has 0 aliphatic rings. The lowest BCUT2D eigenvalue weighted by molar-refractivity contribution is -0.671. The second kappa shape index (κ2) is 8.95. The molecule has 0 unspecified atom stereocenters. The van der Waals surface area contributed by atoms with Crippen LogP contribution in [0.3, 0.4) is 0 Å². The summed E-state index contributed by atoms with van der Waals surface area (Å²) in [7, 11) is 2.02. The highest BCUT2D eigenvalue weighted by molar-refractivity contribution is 5.63. The van der Waals surface area contributed by atoms with Crippen LogP contribution in [-0.2, 0) is 18.4 Å². The van der Waals surface area contributed by atoms with Crippen LogP contribution in [0.1, 0.15) is 39.5 Å². The van der Waals surface area contributed by atoms with E-state index in [4.69, 9.17) is 0 Å². The smallest absolute Gasteiger partial charge is 0.243 e. The predicted molar refractivity (Wildman–Crippen MR) is 60.4 cm³/mol. The number of aryl methyl sites for hydroxylation is 2. The number of carboxylic acids is 1. The number of carbonyl (C=O) groups is 1. The molecule has 0 aromatic carbocycles. The summed E-state index contributed by atoms with van der Waals surface area (Å²) in [5.74, 6) is -0.932. The van der Waals surface area contributed by atoms with Crippen molar-refractivity contribution in [2.45, 2.75) is 46.1 Å². The molecule has 0 aliphatic carbocycles. The largest absolute Gasteiger partial charge is 0.550 e. The van der Waals surface area contributed by atoms with Crippen molar-refractivity contribution < 1.29 is 14.5 Å². The zero-order valence-electron chi connectivity index (χ0n) is 10.5. The molecule has 0 N–H and O–H groups in total. The summed E-state index contributed by atoms with van der Waals surface area (Å²) in [5, 5.41) is 9.76. The first-order valence-corrected chi connectivity index (χ1v) is 5.81. The Hall–Kier alpha value is -1.32. The molecule has 0 aliphatic heterocycles. The second-order valence-corrected chi connectivity index (χ2v) is 3.74. The van der Waals surface area contributed by atoms with Gasteiger partial charge in [-0.1, -0.05) is 19.8 Å². The normalized spacial score (nSPS) is 9.44. The molecular formula is C12H22N2O2. The van der Waals surface area contributed by atoms with Gasteiger partial charge in [0.2, 0.25) is 6.33 Å². The molecule has 16 heavy (non-hydrogen) atoms. The van der Waals surface area contributed by atoms with E-state index in [1.807, 2.05) is 24.7 Å². The number of unbranched alkanes of at least 4 members (excludes halogenated alkanes) is 2. The molecule has 1 heterocycles. The van der Waals surface area contributed by atoms with E-state index >= 15 is 0 Å². The van der Waals surface area contributed by atoms with Crippen LogP contribution in [0.4, 0.5) is 0 Å². The Morgan fingerprint density at radius 2 is 2.06 bits per heavy atom. The van der Waals surface area contributed by atoms with Gasteiger partial charge in [0.05, 0.1) is 13.6 Å². The average molecular weight is 226 g/mol. The number of aromatic nitrogens is 2. The molecule has 1 aromatic heterocycles. The van der Waals surface area contributed by atoms with Crippen molar-refractivity contribution in [3.8, 4) is 0 Å². The van der Waals surface area contributed by atoms with E-state index < -0.39 is 5.97 Å². The minimum absolute atomic E-state index is 0.216. The van der Waals surface area contributed by atoms with Gasteiger partial charge in [0.25, 0.3) is 0 Å². The van der Waals surface area contributed by atoms with E-state index in [0.717, 1.165) is 25.8 Å². The Labute approximate surface area is 97.5 Å². The summed E-state index contributed by atoms with van der Waals surface area (Å²) in [6.45, 7) is 5.22. The van der Waals surface area contributed by atoms with Gasteiger partial charge in [-0.2, -0.15) is 0 Å². The third-order valence-electron chi connectivity index (χ3n) is 2.17. The molecule has 1 rings (SSSR count). The Bertz CT molecular complexity index is 295. The van der Waals surface area contributed by atoms with E-state index in [2.05, 4.69) is 24.0 Å². The van der Waals surface area contributed by atoms with E-state index in [-0.39, 0.29) is 6.42 Å². The number of imidazole rings is 1. The summed E-state index contributed by atoms with van der Waals surface area (Å²) < 4.78 is 4.16. The van der Waals surface area contributed by atoms with Crippen molar-refractivity contribution in [2.75, 3.05) is 0 Å².